The van der Waals surface area contributed by atoms with Gasteiger partial charge in [-0.2, -0.15) is 0 Å². The number of rotatable bonds is 6. The summed E-state index contributed by atoms with van der Waals surface area (Å²) < 4.78 is 5.46. The van der Waals surface area contributed by atoms with Crippen molar-refractivity contribution in [1.29, 1.82) is 0 Å². The molecule has 5 heteroatoms. The Kier molecular flexibility index (Phi) is 5.13. The first-order valence-electron chi connectivity index (χ1n) is 6.15. The van der Waals surface area contributed by atoms with Gasteiger partial charge in [-0.25, -0.2) is 0 Å². The van der Waals surface area contributed by atoms with Gasteiger partial charge in [-0.15, -0.1) is 0 Å². The molecule has 0 radical (unpaired) electrons. The van der Waals surface area contributed by atoms with Crippen LogP contribution in [0, 0.1) is 0 Å². The van der Waals surface area contributed by atoms with Crippen LogP contribution >= 0.6 is 23.2 Å². The molecule has 1 atom stereocenters. The maximum Gasteiger partial charge on any atom is 0.156 e. The van der Waals surface area contributed by atoms with Gasteiger partial charge in [-0.3, -0.25) is 0 Å². The normalized spacial score (nSPS) is 17.3. The Hall–Kier alpha value is -0.480. The second-order valence-electron chi connectivity index (χ2n) is 4.55. The second-order valence-corrected chi connectivity index (χ2v) is 5.37. The Morgan fingerprint density at radius 1 is 1.33 bits per heavy atom. The third-order valence-corrected chi connectivity index (χ3v) is 3.68. The number of hydrogen-bond acceptors (Lipinski definition) is 3. The number of nitrogens with one attached hydrogen (secondary N) is 1. The number of halogens is 2. The van der Waals surface area contributed by atoms with Crippen LogP contribution in [-0.2, 0) is 0 Å². The van der Waals surface area contributed by atoms with Crippen LogP contribution in [0.25, 0.3) is 0 Å². The summed E-state index contributed by atoms with van der Waals surface area (Å²) in [6.45, 7) is 0.718. The molecule has 0 spiro atoms. The maximum atomic E-state index is 9.79. The van der Waals surface area contributed by atoms with E-state index in [2.05, 4.69) is 5.32 Å². The van der Waals surface area contributed by atoms with E-state index in [1.54, 1.807) is 18.2 Å². The average Bonchev–Trinajstić information content (AvgIpc) is 2.26. The first kappa shape index (κ1) is 13.9. The Balaban J connectivity index is 1.75. The predicted octanol–water partition coefficient (Wildman–Crippen LogP) is 2.88. The van der Waals surface area contributed by atoms with Gasteiger partial charge in [0.05, 0.1) is 10.0 Å². The van der Waals surface area contributed by atoms with Gasteiger partial charge in [-0.1, -0.05) is 35.7 Å². The SMILES string of the molecule is OC(CNC1CCC1)COc1c(Cl)cccc1Cl. The lowest BCUT2D eigenvalue weighted by molar-refractivity contribution is 0.0998. The molecule has 1 fully saturated rings. The number of para-hydroxylation sites is 1. The third-order valence-electron chi connectivity index (χ3n) is 3.09. The lowest BCUT2D eigenvalue weighted by Crippen LogP contribution is -2.41. The average molecular weight is 290 g/mol. The lowest BCUT2D eigenvalue weighted by Gasteiger charge is -2.27. The van der Waals surface area contributed by atoms with Gasteiger partial charge in [0, 0.05) is 12.6 Å². The standard InChI is InChI=1S/C13H17Cl2NO2/c14-11-5-2-6-12(15)13(11)18-8-10(17)7-16-9-3-1-4-9/h2,5-6,9-10,16-17H,1,3-4,7-8H2. The Morgan fingerprint density at radius 2 is 2.00 bits per heavy atom. The highest BCUT2D eigenvalue weighted by atomic mass is 35.5. The van der Waals surface area contributed by atoms with E-state index in [0.29, 0.717) is 28.4 Å². The minimum Gasteiger partial charge on any atom is -0.488 e. The molecule has 3 nitrogen and oxygen atoms in total. The molecule has 0 amide bonds. The first-order chi connectivity index (χ1) is 8.66. The molecule has 1 aliphatic carbocycles. The highest BCUT2D eigenvalue weighted by Gasteiger charge is 2.18. The smallest absolute Gasteiger partial charge is 0.156 e. The number of hydrogen-bond donors (Lipinski definition) is 2. The summed E-state index contributed by atoms with van der Waals surface area (Å²) in [5.74, 6) is 0.434. The summed E-state index contributed by atoms with van der Waals surface area (Å²) in [7, 11) is 0. The molecule has 1 aliphatic rings. The molecular formula is C13H17Cl2NO2. The summed E-state index contributed by atoms with van der Waals surface area (Å²) in [5.41, 5.74) is 0. The quantitative estimate of drug-likeness (QED) is 0.846. The molecule has 0 aliphatic heterocycles. The van der Waals surface area contributed by atoms with Gasteiger partial charge in [0.1, 0.15) is 12.7 Å². The van der Waals surface area contributed by atoms with Crippen molar-refractivity contribution in [3.8, 4) is 5.75 Å². The Bertz CT molecular complexity index is 376. The molecular weight excluding hydrogens is 273 g/mol. The minimum atomic E-state index is -0.557. The van der Waals surface area contributed by atoms with E-state index in [9.17, 15) is 5.11 Å². The fraction of sp³-hybridized carbons (Fsp3) is 0.538. The minimum absolute atomic E-state index is 0.184. The number of benzene rings is 1. The van der Waals surface area contributed by atoms with Crippen LogP contribution in [0.2, 0.25) is 10.0 Å². The zero-order valence-electron chi connectivity index (χ0n) is 10.0. The summed E-state index contributed by atoms with van der Waals surface area (Å²) in [5, 5.41) is 14.0. The monoisotopic (exact) mass is 289 g/mol. The van der Waals surface area contributed by atoms with Crippen molar-refractivity contribution in [3.63, 3.8) is 0 Å². The van der Waals surface area contributed by atoms with Crippen LogP contribution in [-0.4, -0.2) is 30.4 Å². The van der Waals surface area contributed by atoms with Crippen LogP contribution in [0.15, 0.2) is 18.2 Å². The highest BCUT2D eigenvalue weighted by Crippen LogP contribution is 2.32. The van der Waals surface area contributed by atoms with Crippen LogP contribution < -0.4 is 10.1 Å². The third kappa shape index (κ3) is 3.75. The molecule has 0 saturated heterocycles. The van der Waals surface area contributed by atoms with Gasteiger partial charge < -0.3 is 15.2 Å². The van der Waals surface area contributed by atoms with Crippen LogP contribution in [0.4, 0.5) is 0 Å². The molecule has 1 aromatic rings. The van der Waals surface area contributed by atoms with E-state index in [0.717, 1.165) is 0 Å². The summed E-state index contributed by atoms with van der Waals surface area (Å²) in [6, 6.07) is 5.74. The van der Waals surface area contributed by atoms with Crippen molar-refractivity contribution in [2.75, 3.05) is 13.2 Å². The summed E-state index contributed by atoms with van der Waals surface area (Å²) in [6.07, 6.45) is 3.12. The Labute approximate surface area is 117 Å². The molecule has 100 valence electrons. The van der Waals surface area contributed by atoms with Crippen molar-refractivity contribution < 1.29 is 9.84 Å². The zero-order valence-corrected chi connectivity index (χ0v) is 11.5. The fourth-order valence-corrected chi connectivity index (χ4v) is 2.28. The summed E-state index contributed by atoms with van der Waals surface area (Å²) in [4.78, 5) is 0. The molecule has 0 aromatic heterocycles. The van der Waals surface area contributed by atoms with Gasteiger partial charge in [0.15, 0.2) is 5.75 Å². The van der Waals surface area contributed by atoms with Gasteiger partial charge >= 0.3 is 0 Å². The molecule has 0 bridgehead atoms. The van der Waals surface area contributed by atoms with Gasteiger partial charge in [0.2, 0.25) is 0 Å². The van der Waals surface area contributed by atoms with Crippen LogP contribution in [0.3, 0.4) is 0 Å². The highest BCUT2D eigenvalue weighted by molar-refractivity contribution is 6.37. The number of ether oxygens (including phenoxy) is 1. The van der Waals surface area contributed by atoms with Crippen molar-refractivity contribution >= 4 is 23.2 Å². The lowest BCUT2D eigenvalue weighted by atomic mass is 9.93. The van der Waals surface area contributed by atoms with E-state index in [-0.39, 0.29) is 6.61 Å². The van der Waals surface area contributed by atoms with E-state index in [4.69, 9.17) is 27.9 Å². The van der Waals surface area contributed by atoms with Crippen LogP contribution in [0.5, 0.6) is 5.75 Å². The summed E-state index contributed by atoms with van der Waals surface area (Å²) >= 11 is 11.9. The molecule has 1 unspecified atom stereocenters. The fourth-order valence-electron chi connectivity index (χ4n) is 1.77. The van der Waals surface area contributed by atoms with Crippen LogP contribution in [0.1, 0.15) is 19.3 Å². The van der Waals surface area contributed by atoms with Crippen molar-refractivity contribution in [2.45, 2.75) is 31.4 Å². The van der Waals surface area contributed by atoms with E-state index >= 15 is 0 Å². The molecule has 0 heterocycles. The topological polar surface area (TPSA) is 41.5 Å². The van der Waals surface area contributed by atoms with Crippen molar-refractivity contribution in [2.24, 2.45) is 0 Å². The Morgan fingerprint density at radius 3 is 2.56 bits per heavy atom. The molecule has 2 rings (SSSR count). The molecule has 18 heavy (non-hydrogen) atoms. The largest absolute Gasteiger partial charge is 0.488 e. The van der Waals surface area contributed by atoms with Crippen molar-refractivity contribution in [3.05, 3.63) is 28.2 Å². The second kappa shape index (κ2) is 6.62. The zero-order chi connectivity index (χ0) is 13.0. The van der Waals surface area contributed by atoms with E-state index < -0.39 is 6.10 Å². The first-order valence-corrected chi connectivity index (χ1v) is 6.90. The van der Waals surface area contributed by atoms with E-state index in [1.165, 1.54) is 19.3 Å². The number of aliphatic hydroxyl groups excluding tert-OH is 1. The molecule has 1 aromatic carbocycles. The molecule has 1 saturated carbocycles. The van der Waals surface area contributed by atoms with Gasteiger partial charge in [-0.05, 0) is 25.0 Å². The van der Waals surface area contributed by atoms with Gasteiger partial charge in [0.25, 0.3) is 0 Å². The van der Waals surface area contributed by atoms with E-state index in [1.807, 2.05) is 0 Å². The maximum absolute atomic E-state index is 9.79. The molecule has 2 N–H and O–H groups in total. The predicted molar refractivity (Wildman–Crippen MR) is 73.6 cm³/mol. The van der Waals surface area contributed by atoms with Crippen molar-refractivity contribution in [1.82, 2.24) is 5.32 Å². The number of aliphatic hydroxyl groups is 1.